The number of hydrogen-bond donors (Lipinski definition) is 1. The zero-order valence-corrected chi connectivity index (χ0v) is 9.15. The molecular weight excluding hydrogens is 201 g/mol. The van der Waals surface area contributed by atoms with E-state index in [2.05, 4.69) is 0 Å². The number of ether oxygens (including phenoxy) is 1. The van der Waals surface area contributed by atoms with Gasteiger partial charge in [0, 0.05) is 25.0 Å². The molecule has 0 amide bonds. The van der Waals surface area contributed by atoms with Crippen LogP contribution in [0.25, 0.3) is 0 Å². The quantitative estimate of drug-likeness (QED) is 0.742. The van der Waals surface area contributed by atoms with Gasteiger partial charge < -0.3 is 9.84 Å². The van der Waals surface area contributed by atoms with E-state index in [0.717, 1.165) is 0 Å². The zero-order chi connectivity index (χ0) is 11.4. The summed E-state index contributed by atoms with van der Waals surface area (Å²) in [6.07, 6.45) is -0.902. The van der Waals surface area contributed by atoms with Crippen LogP contribution in [0, 0.1) is 5.92 Å². The molecule has 0 aliphatic carbocycles. The Hall–Kier alpha value is -0.680. The fourth-order valence-electron chi connectivity index (χ4n) is 1.74. The van der Waals surface area contributed by atoms with Gasteiger partial charge in [-0.15, -0.1) is 0 Å². The number of rotatable bonds is 5. The molecule has 4 nitrogen and oxygen atoms in total. The van der Waals surface area contributed by atoms with E-state index < -0.39 is 12.1 Å². The Morgan fingerprint density at radius 1 is 1.60 bits per heavy atom. The molecule has 0 aromatic heterocycles. The van der Waals surface area contributed by atoms with Gasteiger partial charge in [0.15, 0.2) is 0 Å². The second kappa shape index (κ2) is 5.42. The molecule has 1 heterocycles. The number of carbonyl (C=O) groups is 1. The monoisotopic (exact) mass is 219 g/mol. The highest BCUT2D eigenvalue weighted by Gasteiger charge is 2.33. The summed E-state index contributed by atoms with van der Waals surface area (Å²) in [6, 6.07) is 0.327. The maximum absolute atomic E-state index is 13.5. The number of nitrogens with zero attached hydrogens (tertiary/aromatic N) is 1. The van der Waals surface area contributed by atoms with Gasteiger partial charge in [-0.2, -0.15) is 0 Å². The van der Waals surface area contributed by atoms with Crippen LogP contribution in [0.1, 0.15) is 13.8 Å². The Morgan fingerprint density at radius 3 is 2.73 bits per heavy atom. The van der Waals surface area contributed by atoms with E-state index in [1.807, 2.05) is 18.7 Å². The Bertz CT molecular complexity index is 223. The first kappa shape index (κ1) is 12.4. The van der Waals surface area contributed by atoms with Crippen LogP contribution < -0.4 is 0 Å². The van der Waals surface area contributed by atoms with E-state index in [1.165, 1.54) is 0 Å². The zero-order valence-electron chi connectivity index (χ0n) is 9.15. The Balaban J connectivity index is 2.28. The highest BCUT2D eigenvalue weighted by Crippen LogP contribution is 2.22. The van der Waals surface area contributed by atoms with Crippen molar-refractivity contribution in [2.45, 2.75) is 26.1 Å². The first-order valence-electron chi connectivity index (χ1n) is 5.18. The summed E-state index contributed by atoms with van der Waals surface area (Å²) in [4.78, 5) is 12.2. The molecule has 1 fully saturated rings. The topological polar surface area (TPSA) is 49.8 Å². The van der Waals surface area contributed by atoms with Gasteiger partial charge in [-0.05, 0) is 13.8 Å². The molecule has 0 aromatic rings. The number of halogens is 1. The van der Waals surface area contributed by atoms with Crippen molar-refractivity contribution in [1.82, 2.24) is 4.90 Å². The fraction of sp³-hybridized carbons (Fsp3) is 0.900. The molecule has 0 saturated carbocycles. The second-order valence-corrected chi connectivity index (χ2v) is 4.23. The predicted octanol–water partition coefficient (Wildman–Crippen LogP) is 0.766. The third kappa shape index (κ3) is 3.76. The number of likely N-dealkylation sites (tertiary alicyclic amines) is 1. The minimum atomic E-state index is -1.01. The lowest BCUT2D eigenvalue weighted by atomic mass is 10.1. The van der Waals surface area contributed by atoms with Crippen LogP contribution >= 0.6 is 0 Å². The van der Waals surface area contributed by atoms with Crippen molar-refractivity contribution >= 4 is 5.97 Å². The van der Waals surface area contributed by atoms with Crippen molar-refractivity contribution in [3.8, 4) is 0 Å². The molecule has 1 N–H and O–H groups in total. The van der Waals surface area contributed by atoms with Crippen LogP contribution in [0.4, 0.5) is 4.39 Å². The maximum atomic E-state index is 13.5. The lowest BCUT2D eigenvalue weighted by Crippen LogP contribution is -2.29. The van der Waals surface area contributed by atoms with Crippen molar-refractivity contribution < 1.29 is 19.0 Å². The summed E-state index contributed by atoms with van der Waals surface area (Å²) in [5.41, 5.74) is 0. The molecule has 0 radical (unpaired) electrons. The molecule has 1 aliphatic heterocycles. The molecule has 5 heteroatoms. The van der Waals surface area contributed by atoms with Crippen molar-refractivity contribution in [1.29, 1.82) is 0 Å². The van der Waals surface area contributed by atoms with E-state index in [0.29, 0.717) is 19.1 Å². The van der Waals surface area contributed by atoms with E-state index in [-0.39, 0.29) is 19.1 Å². The standard InChI is InChI=1S/C10H18FNO3/c1-7(2)12-3-8(9(11)4-12)5-15-6-10(13)14/h7-9H,3-6H2,1-2H3,(H,13,14). The molecule has 1 saturated heterocycles. The second-order valence-electron chi connectivity index (χ2n) is 4.23. The van der Waals surface area contributed by atoms with Gasteiger partial charge in [-0.25, -0.2) is 9.18 Å². The summed E-state index contributed by atoms with van der Waals surface area (Å²) in [5.74, 6) is -1.20. The Morgan fingerprint density at radius 2 is 2.27 bits per heavy atom. The lowest BCUT2D eigenvalue weighted by molar-refractivity contribution is -0.142. The molecular formula is C10H18FNO3. The molecule has 2 unspecified atom stereocenters. The number of carboxylic acid groups (broad SMARTS) is 1. The minimum Gasteiger partial charge on any atom is -0.480 e. The van der Waals surface area contributed by atoms with Gasteiger partial charge in [0.25, 0.3) is 0 Å². The first-order chi connectivity index (χ1) is 7.00. The average molecular weight is 219 g/mol. The van der Waals surface area contributed by atoms with Gasteiger partial charge in [-0.1, -0.05) is 0 Å². The van der Waals surface area contributed by atoms with Gasteiger partial charge in [0.05, 0.1) is 6.61 Å². The van der Waals surface area contributed by atoms with Gasteiger partial charge in [0.1, 0.15) is 12.8 Å². The van der Waals surface area contributed by atoms with Crippen LogP contribution in [-0.4, -0.2) is 54.5 Å². The Labute approximate surface area is 89.0 Å². The largest absolute Gasteiger partial charge is 0.480 e. The maximum Gasteiger partial charge on any atom is 0.329 e. The van der Waals surface area contributed by atoms with Crippen LogP contribution in [0.15, 0.2) is 0 Å². The van der Waals surface area contributed by atoms with Crippen LogP contribution in [0.5, 0.6) is 0 Å². The van der Waals surface area contributed by atoms with Crippen LogP contribution in [0.3, 0.4) is 0 Å². The highest BCUT2D eigenvalue weighted by molar-refractivity contribution is 5.67. The van der Waals surface area contributed by atoms with E-state index in [1.54, 1.807) is 0 Å². The van der Waals surface area contributed by atoms with Crippen LogP contribution in [-0.2, 0) is 9.53 Å². The average Bonchev–Trinajstić information content (AvgIpc) is 2.47. The third-order valence-corrected chi connectivity index (χ3v) is 2.68. The molecule has 0 aromatic carbocycles. The van der Waals surface area contributed by atoms with E-state index in [9.17, 15) is 9.18 Å². The molecule has 88 valence electrons. The first-order valence-corrected chi connectivity index (χ1v) is 5.18. The number of hydrogen-bond acceptors (Lipinski definition) is 3. The number of aliphatic carboxylic acids is 1. The van der Waals surface area contributed by atoms with Gasteiger partial charge in [0.2, 0.25) is 0 Å². The lowest BCUT2D eigenvalue weighted by Gasteiger charge is -2.19. The number of alkyl halides is 1. The fourth-order valence-corrected chi connectivity index (χ4v) is 1.74. The highest BCUT2D eigenvalue weighted by atomic mass is 19.1. The smallest absolute Gasteiger partial charge is 0.329 e. The van der Waals surface area contributed by atoms with Crippen LogP contribution in [0.2, 0.25) is 0 Å². The molecule has 2 atom stereocenters. The SMILES string of the molecule is CC(C)N1CC(F)C(COCC(=O)O)C1. The van der Waals surface area contributed by atoms with E-state index in [4.69, 9.17) is 9.84 Å². The molecule has 0 bridgehead atoms. The summed E-state index contributed by atoms with van der Waals surface area (Å²) in [6.45, 7) is 4.97. The normalized spacial score (nSPS) is 27.5. The summed E-state index contributed by atoms with van der Waals surface area (Å²) < 4.78 is 18.4. The third-order valence-electron chi connectivity index (χ3n) is 2.68. The van der Waals surface area contributed by atoms with Crippen molar-refractivity contribution in [3.63, 3.8) is 0 Å². The van der Waals surface area contributed by atoms with Crippen molar-refractivity contribution in [2.75, 3.05) is 26.3 Å². The molecule has 15 heavy (non-hydrogen) atoms. The summed E-state index contributed by atoms with van der Waals surface area (Å²) in [7, 11) is 0. The molecule has 1 rings (SSSR count). The van der Waals surface area contributed by atoms with Gasteiger partial charge >= 0.3 is 5.97 Å². The molecule has 0 spiro atoms. The minimum absolute atomic E-state index is 0.188. The van der Waals surface area contributed by atoms with Crippen molar-refractivity contribution in [3.05, 3.63) is 0 Å². The van der Waals surface area contributed by atoms with Gasteiger partial charge in [-0.3, -0.25) is 4.90 Å². The Kier molecular flexibility index (Phi) is 4.47. The predicted molar refractivity (Wildman–Crippen MR) is 53.5 cm³/mol. The van der Waals surface area contributed by atoms with Crippen molar-refractivity contribution in [2.24, 2.45) is 5.92 Å². The molecule has 1 aliphatic rings. The summed E-state index contributed by atoms with van der Waals surface area (Å²) in [5, 5.41) is 8.36. The summed E-state index contributed by atoms with van der Waals surface area (Å²) >= 11 is 0. The number of carboxylic acids is 1. The van der Waals surface area contributed by atoms with E-state index >= 15 is 0 Å².